The molecule has 0 atom stereocenters. The van der Waals surface area contributed by atoms with E-state index < -0.39 is 0 Å². The molecule has 5 heteroatoms. The third-order valence-electron chi connectivity index (χ3n) is 3.80. The van der Waals surface area contributed by atoms with Gasteiger partial charge in [0.2, 0.25) is 0 Å². The van der Waals surface area contributed by atoms with E-state index in [-0.39, 0.29) is 5.84 Å². The Kier molecular flexibility index (Phi) is 3.90. The van der Waals surface area contributed by atoms with Crippen molar-refractivity contribution >= 4 is 23.1 Å². The van der Waals surface area contributed by atoms with Crippen LogP contribution in [0.5, 0.6) is 0 Å². The molecule has 0 spiro atoms. The molecule has 3 N–H and O–H groups in total. The van der Waals surface area contributed by atoms with Gasteiger partial charge < -0.3 is 15.8 Å². The molecule has 19 heavy (non-hydrogen) atoms. The minimum atomic E-state index is 0.122. The second-order valence-electron chi connectivity index (χ2n) is 5.80. The van der Waals surface area contributed by atoms with Crippen LogP contribution in [0, 0.1) is 5.41 Å². The van der Waals surface area contributed by atoms with E-state index in [1.807, 2.05) is 6.07 Å². The van der Waals surface area contributed by atoms with Crippen LogP contribution in [0.2, 0.25) is 5.02 Å². The zero-order valence-corrected chi connectivity index (χ0v) is 12.1. The highest BCUT2D eigenvalue weighted by atomic mass is 35.5. The van der Waals surface area contributed by atoms with Crippen LogP contribution in [-0.4, -0.2) is 24.1 Å². The maximum Gasteiger partial charge on any atom is 0.172 e. The Labute approximate surface area is 118 Å². The van der Waals surface area contributed by atoms with Crippen molar-refractivity contribution in [3.05, 3.63) is 28.8 Å². The first-order valence-corrected chi connectivity index (χ1v) is 6.83. The summed E-state index contributed by atoms with van der Waals surface area (Å²) < 4.78 is 0. The van der Waals surface area contributed by atoms with Crippen molar-refractivity contribution in [3.8, 4) is 0 Å². The molecule has 0 unspecified atom stereocenters. The van der Waals surface area contributed by atoms with Gasteiger partial charge in [0.25, 0.3) is 0 Å². The van der Waals surface area contributed by atoms with Gasteiger partial charge in [0.15, 0.2) is 5.84 Å². The molecule has 4 nitrogen and oxygen atoms in total. The molecule has 0 aliphatic carbocycles. The summed E-state index contributed by atoms with van der Waals surface area (Å²) in [7, 11) is 0. The summed E-state index contributed by atoms with van der Waals surface area (Å²) in [5.41, 5.74) is 7.79. The summed E-state index contributed by atoms with van der Waals surface area (Å²) in [4.78, 5) is 2.25. The first-order valence-electron chi connectivity index (χ1n) is 6.45. The fraction of sp³-hybridized carbons (Fsp3) is 0.500. The molecule has 1 heterocycles. The monoisotopic (exact) mass is 281 g/mol. The quantitative estimate of drug-likeness (QED) is 0.379. The lowest BCUT2D eigenvalue weighted by atomic mass is 9.82. The minimum Gasteiger partial charge on any atom is -0.409 e. The Bertz CT molecular complexity index is 489. The standard InChI is InChI=1S/C14H20ClN3O/c1-14(2)5-7-18(8-6-14)12-9-10(15)3-4-11(12)13(16)17-19/h3-4,9,19H,5-8H2,1-2H3,(H2,16,17). The topological polar surface area (TPSA) is 61.8 Å². The Morgan fingerprint density at radius 1 is 1.37 bits per heavy atom. The van der Waals surface area contributed by atoms with Crippen LogP contribution in [-0.2, 0) is 0 Å². The maximum absolute atomic E-state index is 8.87. The van der Waals surface area contributed by atoms with Crippen LogP contribution < -0.4 is 10.6 Å². The highest BCUT2D eigenvalue weighted by Crippen LogP contribution is 2.34. The summed E-state index contributed by atoms with van der Waals surface area (Å²) in [5.74, 6) is 0.122. The molecule has 1 aromatic carbocycles. The first kappa shape index (κ1) is 14.0. The molecule has 1 aliphatic heterocycles. The number of benzene rings is 1. The molecule has 0 bridgehead atoms. The number of amidine groups is 1. The van der Waals surface area contributed by atoms with Gasteiger partial charge in [0, 0.05) is 29.4 Å². The normalized spacial score (nSPS) is 19.5. The summed E-state index contributed by atoms with van der Waals surface area (Å²) >= 11 is 6.07. The molecule has 2 rings (SSSR count). The molecule has 104 valence electrons. The molecular weight excluding hydrogens is 262 g/mol. The van der Waals surface area contributed by atoms with E-state index >= 15 is 0 Å². The van der Waals surface area contributed by atoms with Gasteiger partial charge in [-0.25, -0.2) is 0 Å². The Hall–Kier alpha value is -1.42. The number of nitrogens with two attached hydrogens (primary N) is 1. The smallest absolute Gasteiger partial charge is 0.172 e. The predicted octanol–water partition coefficient (Wildman–Crippen LogP) is 3.06. The third-order valence-corrected chi connectivity index (χ3v) is 4.04. The zero-order chi connectivity index (χ0) is 14.0. The molecule has 1 fully saturated rings. The first-order chi connectivity index (χ1) is 8.93. The average Bonchev–Trinajstić information content (AvgIpc) is 2.38. The lowest BCUT2D eigenvalue weighted by Crippen LogP contribution is -2.38. The van der Waals surface area contributed by atoms with Crippen molar-refractivity contribution in [1.29, 1.82) is 0 Å². The van der Waals surface area contributed by atoms with E-state index in [1.54, 1.807) is 12.1 Å². The van der Waals surface area contributed by atoms with Crippen LogP contribution >= 0.6 is 11.6 Å². The fourth-order valence-corrected chi connectivity index (χ4v) is 2.56. The summed E-state index contributed by atoms with van der Waals surface area (Å²) in [6.45, 7) is 6.48. The molecule has 1 saturated heterocycles. The zero-order valence-electron chi connectivity index (χ0n) is 11.4. The fourth-order valence-electron chi connectivity index (χ4n) is 2.39. The number of hydrogen-bond donors (Lipinski definition) is 2. The van der Waals surface area contributed by atoms with E-state index in [9.17, 15) is 0 Å². The second kappa shape index (κ2) is 5.29. The Balaban J connectivity index is 2.31. The van der Waals surface area contributed by atoms with Gasteiger partial charge in [-0.1, -0.05) is 30.6 Å². The van der Waals surface area contributed by atoms with Crippen LogP contribution in [0.3, 0.4) is 0 Å². The molecular formula is C14H20ClN3O. The van der Waals surface area contributed by atoms with E-state index in [4.69, 9.17) is 22.5 Å². The Morgan fingerprint density at radius 2 is 2.00 bits per heavy atom. The molecule has 0 radical (unpaired) electrons. The summed E-state index contributed by atoms with van der Waals surface area (Å²) in [6.07, 6.45) is 2.24. The molecule has 0 amide bonds. The van der Waals surface area contributed by atoms with Crippen molar-refractivity contribution in [3.63, 3.8) is 0 Å². The molecule has 0 saturated carbocycles. The third kappa shape index (κ3) is 3.13. The predicted molar refractivity (Wildman–Crippen MR) is 79.2 cm³/mol. The second-order valence-corrected chi connectivity index (χ2v) is 6.23. The van der Waals surface area contributed by atoms with Crippen LogP contribution in [0.4, 0.5) is 5.69 Å². The van der Waals surface area contributed by atoms with Crippen molar-refractivity contribution in [1.82, 2.24) is 0 Å². The largest absolute Gasteiger partial charge is 0.409 e. The van der Waals surface area contributed by atoms with Crippen LogP contribution in [0.15, 0.2) is 23.4 Å². The van der Waals surface area contributed by atoms with Gasteiger partial charge in [-0.15, -0.1) is 0 Å². The lowest BCUT2D eigenvalue weighted by molar-refractivity contribution is 0.280. The van der Waals surface area contributed by atoms with Crippen molar-refractivity contribution in [2.75, 3.05) is 18.0 Å². The molecule has 1 aromatic rings. The number of halogens is 1. The lowest BCUT2D eigenvalue weighted by Gasteiger charge is -2.39. The van der Waals surface area contributed by atoms with Gasteiger partial charge in [-0.05, 0) is 36.5 Å². The Morgan fingerprint density at radius 3 is 2.58 bits per heavy atom. The van der Waals surface area contributed by atoms with Gasteiger partial charge in [0.1, 0.15) is 0 Å². The van der Waals surface area contributed by atoms with Crippen molar-refractivity contribution in [2.45, 2.75) is 26.7 Å². The number of piperidine rings is 1. The van der Waals surface area contributed by atoms with E-state index in [1.165, 1.54) is 0 Å². The number of rotatable bonds is 2. The van der Waals surface area contributed by atoms with Crippen LogP contribution in [0.1, 0.15) is 32.3 Å². The van der Waals surface area contributed by atoms with Gasteiger partial charge in [-0.2, -0.15) is 0 Å². The highest BCUT2D eigenvalue weighted by Gasteiger charge is 2.27. The minimum absolute atomic E-state index is 0.122. The van der Waals surface area contributed by atoms with Crippen LogP contribution in [0.25, 0.3) is 0 Å². The van der Waals surface area contributed by atoms with E-state index in [0.29, 0.717) is 10.4 Å². The number of nitrogens with zero attached hydrogens (tertiary/aromatic N) is 2. The van der Waals surface area contributed by atoms with Crippen molar-refractivity contribution < 1.29 is 5.21 Å². The number of oxime groups is 1. The summed E-state index contributed by atoms with van der Waals surface area (Å²) in [6, 6.07) is 5.44. The molecule has 0 aromatic heterocycles. The van der Waals surface area contributed by atoms with Gasteiger partial charge >= 0.3 is 0 Å². The maximum atomic E-state index is 8.87. The van der Waals surface area contributed by atoms with Gasteiger partial charge in [0.05, 0.1) is 0 Å². The number of anilines is 1. The van der Waals surface area contributed by atoms with E-state index in [0.717, 1.165) is 37.2 Å². The average molecular weight is 282 g/mol. The number of hydrogen-bond acceptors (Lipinski definition) is 3. The van der Waals surface area contributed by atoms with Crippen molar-refractivity contribution in [2.24, 2.45) is 16.3 Å². The molecule has 1 aliphatic rings. The highest BCUT2D eigenvalue weighted by molar-refractivity contribution is 6.31. The van der Waals surface area contributed by atoms with Gasteiger partial charge in [-0.3, -0.25) is 0 Å². The van der Waals surface area contributed by atoms with E-state index in [2.05, 4.69) is 23.9 Å². The summed E-state index contributed by atoms with van der Waals surface area (Å²) in [5, 5.41) is 12.6. The SMILES string of the molecule is CC1(C)CCN(c2cc(Cl)ccc2C(N)=NO)CC1.